The van der Waals surface area contributed by atoms with Crippen molar-refractivity contribution in [3.63, 3.8) is 0 Å². The number of aromatic nitrogens is 5. The molecule has 0 atom stereocenters. The molecule has 4 aromatic rings. The summed E-state index contributed by atoms with van der Waals surface area (Å²) in [5.74, 6) is 1.66. The molecule has 13 nitrogen and oxygen atoms in total. The average molecular weight is 656 g/mol. The summed E-state index contributed by atoms with van der Waals surface area (Å²) >= 11 is 0. The Bertz CT molecular complexity index is 1780. The van der Waals surface area contributed by atoms with Crippen LogP contribution < -0.4 is 20.4 Å². The van der Waals surface area contributed by atoms with Gasteiger partial charge in [0.25, 0.3) is 0 Å². The third kappa shape index (κ3) is 7.93. The normalized spacial score (nSPS) is 18.5. The van der Waals surface area contributed by atoms with Gasteiger partial charge in [-0.05, 0) is 55.9 Å². The van der Waals surface area contributed by atoms with E-state index in [1.54, 1.807) is 40.7 Å². The Hall–Kier alpha value is -4.87. The van der Waals surface area contributed by atoms with E-state index in [4.69, 9.17) is 9.97 Å². The summed E-state index contributed by atoms with van der Waals surface area (Å²) in [6, 6.07) is 15.9. The van der Waals surface area contributed by atoms with Crippen molar-refractivity contribution < 1.29 is 9.35 Å². The highest BCUT2D eigenvalue weighted by atomic mass is 32.3. The first-order valence-corrected chi connectivity index (χ1v) is 18.4. The molecular formula is C33H41N11O2S. The summed E-state index contributed by atoms with van der Waals surface area (Å²) in [6.45, 7) is 1.64. The number of nitrogens with one attached hydrogen (secondary N) is 2. The number of carbonyl (C=O) groups is 1. The highest BCUT2D eigenvalue weighted by Gasteiger charge is 2.33. The predicted molar refractivity (Wildman–Crippen MR) is 186 cm³/mol. The number of benzene rings is 1. The number of hydrogen-bond acceptors (Lipinski definition) is 9. The second-order valence-electron chi connectivity index (χ2n) is 12.5. The van der Waals surface area contributed by atoms with Crippen LogP contribution in [0.1, 0.15) is 36.8 Å². The molecule has 3 N–H and O–H groups in total. The van der Waals surface area contributed by atoms with Crippen molar-refractivity contribution in [2.45, 2.75) is 50.4 Å². The fraction of sp³-hybridized carbons (Fsp3) is 0.394. The number of rotatable bonds is 9. The molecule has 1 aliphatic carbocycles. The van der Waals surface area contributed by atoms with Gasteiger partial charge in [-0.1, -0.05) is 30.3 Å². The quantitative estimate of drug-likeness (QED) is 0.193. The van der Waals surface area contributed by atoms with Crippen LogP contribution in [0.2, 0.25) is 0 Å². The predicted octanol–water partition coefficient (Wildman–Crippen LogP) is 4.27. The molecule has 14 heteroatoms. The maximum Gasteiger partial charge on any atom is 0.323 e. The van der Waals surface area contributed by atoms with Gasteiger partial charge in [0.15, 0.2) is 5.82 Å². The van der Waals surface area contributed by atoms with Crippen molar-refractivity contribution in [1.82, 2.24) is 30.0 Å². The van der Waals surface area contributed by atoms with E-state index < -0.39 is 10.1 Å². The first-order chi connectivity index (χ1) is 22.6. The Labute approximate surface area is 276 Å². The zero-order chi connectivity index (χ0) is 33.0. The average Bonchev–Trinajstić information content (AvgIpc) is 3.49. The Kier molecular flexibility index (Phi) is 9.46. The molecule has 0 bridgehead atoms. The molecule has 1 aromatic carbocycles. The van der Waals surface area contributed by atoms with Gasteiger partial charge in [0.2, 0.25) is 5.95 Å². The van der Waals surface area contributed by atoms with Gasteiger partial charge in [-0.25, -0.2) is 14.8 Å². The van der Waals surface area contributed by atoms with Crippen molar-refractivity contribution in [3.8, 4) is 17.2 Å². The zero-order valence-electron chi connectivity index (χ0n) is 26.9. The molecule has 1 aliphatic heterocycles. The van der Waals surface area contributed by atoms with Crippen LogP contribution in [0.4, 0.5) is 22.4 Å². The van der Waals surface area contributed by atoms with Gasteiger partial charge in [0, 0.05) is 62.3 Å². The number of hydrogen-bond donors (Lipinski definition) is 4. The summed E-state index contributed by atoms with van der Waals surface area (Å²) in [5, 5.41) is 20.5. The van der Waals surface area contributed by atoms with Gasteiger partial charge in [-0.15, -0.1) is 10.1 Å². The lowest BCUT2D eigenvalue weighted by atomic mass is 9.90. The lowest BCUT2D eigenvalue weighted by Crippen LogP contribution is -2.51. The number of nitriles is 1. The third-order valence-corrected chi connectivity index (χ3v) is 9.32. The number of urea groups is 1. The molecule has 0 radical (unpaired) electrons. The molecule has 47 heavy (non-hydrogen) atoms. The molecule has 2 fully saturated rings. The number of pyridine rings is 1. The van der Waals surface area contributed by atoms with E-state index in [-0.39, 0.29) is 24.2 Å². The number of nitrogens with zero attached hydrogens (tertiary/aromatic N) is 9. The highest BCUT2D eigenvalue weighted by Crippen LogP contribution is 2.31. The molecule has 0 spiro atoms. The Balaban J connectivity index is 1.13. The third-order valence-electron chi connectivity index (χ3n) is 8.43. The first-order valence-electron chi connectivity index (χ1n) is 15.8. The number of anilines is 3. The largest absolute Gasteiger partial charge is 0.351 e. The number of amides is 2. The number of aryl methyl sites for hydroxylation is 1. The van der Waals surface area contributed by atoms with Crippen LogP contribution in [-0.4, -0.2) is 79.0 Å². The minimum atomic E-state index is -2.23. The molecule has 246 valence electrons. The van der Waals surface area contributed by atoms with Crippen LogP contribution in [0, 0.1) is 11.3 Å². The molecule has 1 saturated heterocycles. The molecule has 3 aromatic heterocycles. The van der Waals surface area contributed by atoms with E-state index >= 15 is 0 Å². The maximum absolute atomic E-state index is 13.7. The van der Waals surface area contributed by atoms with Gasteiger partial charge >= 0.3 is 6.03 Å². The highest BCUT2D eigenvalue weighted by molar-refractivity contribution is 7.98. The maximum atomic E-state index is 13.7. The van der Waals surface area contributed by atoms with Crippen LogP contribution in [0.3, 0.4) is 0 Å². The smallest absolute Gasteiger partial charge is 0.323 e. The number of carbonyl (C=O) groups excluding carboxylic acids is 1. The van der Waals surface area contributed by atoms with Crippen LogP contribution in [0.5, 0.6) is 0 Å². The Morgan fingerprint density at radius 3 is 2.47 bits per heavy atom. The minimum Gasteiger partial charge on any atom is -0.351 e. The first kappa shape index (κ1) is 32.1. The second kappa shape index (κ2) is 13.9. The van der Waals surface area contributed by atoms with Crippen molar-refractivity contribution in [1.29, 1.82) is 5.26 Å². The molecule has 2 aliphatic rings. The number of thiol groups is 1. The van der Waals surface area contributed by atoms with Crippen molar-refractivity contribution in [2.75, 3.05) is 40.7 Å². The van der Waals surface area contributed by atoms with E-state index in [1.165, 1.54) is 0 Å². The van der Waals surface area contributed by atoms with Gasteiger partial charge in [-0.2, -0.15) is 15.3 Å². The molecule has 1 saturated carbocycles. The van der Waals surface area contributed by atoms with E-state index in [0.29, 0.717) is 42.8 Å². The summed E-state index contributed by atoms with van der Waals surface area (Å²) < 4.78 is 16.4. The van der Waals surface area contributed by atoms with Crippen molar-refractivity contribution in [3.05, 3.63) is 78.4 Å². The van der Waals surface area contributed by atoms with Gasteiger partial charge in [0.1, 0.15) is 17.5 Å². The summed E-state index contributed by atoms with van der Waals surface area (Å²) in [4.78, 5) is 31.4. The topological polar surface area (TPSA) is 160 Å². The molecule has 6 rings (SSSR count). The van der Waals surface area contributed by atoms with Crippen LogP contribution in [0.15, 0.2) is 71.6 Å². The van der Waals surface area contributed by atoms with Crippen molar-refractivity contribution in [2.24, 2.45) is 11.4 Å². The fourth-order valence-electron chi connectivity index (χ4n) is 6.11. The second-order valence-corrected chi connectivity index (χ2v) is 15.4. The SMILES string of the molecule is Cn1cc(-c2ccc(N(C(=O)NCc3ccccc3)C3CCC(Nc4ncc(C#N)c(N5CC(N=[SH](C)(C)O)C5)n4)CC3)nc2)cn1. The van der Waals surface area contributed by atoms with Crippen molar-refractivity contribution >= 4 is 33.7 Å². The van der Waals surface area contributed by atoms with Gasteiger partial charge < -0.3 is 20.1 Å². The van der Waals surface area contributed by atoms with Crippen LogP contribution in [0.25, 0.3) is 11.1 Å². The zero-order valence-corrected chi connectivity index (χ0v) is 27.8. The van der Waals surface area contributed by atoms with E-state index in [1.807, 2.05) is 60.6 Å². The van der Waals surface area contributed by atoms with Crippen LogP contribution >= 0.6 is 0 Å². The molecule has 2 amide bonds. The molecule has 0 unspecified atom stereocenters. The van der Waals surface area contributed by atoms with Gasteiger partial charge in [0.05, 0.1) is 18.4 Å². The van der Waals surface area contributed by atoms with Crippen LogP contribution in [-0.2, 0) is 23.7 Å². The van der Waals surface area contributed by atoms with Gasteiger partial charge in [-0.3, -0.25) is 13.9 Å². The van der Waals surface area contributed by atoms with E-state index in [2.05, 4.69) is 31.1 Å². The Morgan fingerprint density at radius 1 is 1.06 bits per heavy atom. The minimum absolute atomic E-state index is 0.0328. The summed E-state index contributed by atoms with van der Waals surface area (Å²) in [5.41, 5.74) is 3.33. The standard InChI is InChI=1S/C33H41N11O2S/c1-42-20-26(19-38-42)24-9-14-30(35-17-24)44(33(45)37-16-23-7-5-4-6-8-23)29-12-10-27(11-13-29)39-32-36-18-25(15-34)31(40-32)43-21-28(22-43)41-47(2,3)46/h4-9,14,17-20,27-29,47H,10-13,16,21-22H2,1-3H3,(H,37,45)(H,41,46)(H,36,39,40). The Morgan fingerprint density at radius 2 is 1.83 bits per heavy atom. The molecule has 4 heterocycles. The van der Waals surface area contributed by atoms with E-state index in [9.17, 15) is 14.6 Å². The lowest BCUT2D eigenvalue weighted by molar-refractivity contribution is 0.240. The lowest BCUT2D eigenvalue weighted by Gasteiger charge is -2.39. The summed E-state index contributed by atoms with van der Waals surface area (Å²) in [7, 11) is -0.350. The fourth-order valence-corrected chi connectivity index (χ4v) is 7.05. The monoisotopic (exact) mass is 655 g/mol. The molecular weight excluding hydrogens is 615 g/mol. The van der Waals surface area contributed by atoms with E-state index in [0.717, 1.165) is 42.4 Å². The summed E-state index contributed by atoms with van der Waals surface area (Å²) in [6.07, 6.45) is 13.8.